The molecule has 0 spiro atoms. The first kappa shape index (κ1) is 20.1. The van der Waals surface area contributed by atoms with E-state index < -0.39 is 0 Å². The van der Waals surface area contributed by atoms with E-state index in [0.717, 1.165) is 31.5 Å². The third kappa shape index (κ3) is 4.81. The molecule has 6 nitrogen and oxygen atoms in total. The molecule has 1 amide bonds. The van der Waals surface area contributed by atoms with Crippen LogP contribution in [0.15, 0.2) is 42.7 Å². The molecule has 0 bridgehead atoms. The Morgan fingerprint density at radius 1 is 1.18 bits per heavy atom. The average molecular weight is 383 g/mol. The highest BCUT2D eigenvalue weighted by molar-refractivity contribution is 5.76. The fourth-order valence-electron chi connectivity index (χ4n) is 3.67. The van der Waals surface area contributed by atoms with E-state index in [4.69, 9.17) is 9.47 Å². The lowest BCUT2D eigenvalue weighted by molar-refractivity contribution is -0.134. The first-order valence-corrected chi connectivity index (χ1v) is 9.71. The topological polar surface area (TPSA) is 54.9 Å². The first-order chi connectivity index (χ1) is 13.6. The molecule has 1 aromatic heterocycles. The number of pyridine rings is 1. The van der Waals surface area contributed by atoms with Crippen molar-refractivity contribution in [2.24, 2.45) is 0 Å². The molecule has 2 aromatic rings. The number of carbonyl (C=O) groups excluding carboxylic acids is 1. The Morgan fingerprint density at radius 3 is 2.71 bits per heavy atom. The second kappa shape index (κ2) is 9.55. The van der Waals surface area contributed by atoms with Crippen LogP contribution in [-0.4, -0.2) is 61.6 Å². The van der Waals surface area contributed by atoms with E-state index in [9.17, 15) is 4.79 Å². The Kier molecular flexibility index (Phi) is 6.87. The van der Waals surface area contributed by atoms with Crippen molar-refractivity contribution >= 4 is 5.91 Å². The van der Waals surface area contributed by atoms with Crippen LogP contribution in [0, 0.1) is 0 Å². The summed E-state index contributed by atoms with van der Waals surface area (Å²) in [7, 11) is 5.38. The highest BCUT2D eigenvalue weighted by Crippen LogP contribution is 2.33. The Bertz CT molecular complexity index is 782. The number of aromatic nitrogens is 1. The van der Waals surface area contributed by atoms with Crippen molar-refractivity contribution in [3.05, 3.63) is 53.9 Å². The molecule has 1 unspecified atom stereocenters. The van der Waals surface area contributed by atoms with Gasteiger partial charge in [-0.2, -0.15) is 0 Å². The van der Waals surface area contributed by atoms with Crippen molar-refractivity contribution in [2.75, 3.05) is 40.9 Å². The quantitative estimate of drug-likeness (QED) is 0.736. The predicted octanol–water partition coefficient (Wildman–Crippen LogP) is 2.94. The fourth-order valence-corrected chi connectivity index (χ4v) is 3.67. The van der Waals surface area contributed by atoms with Crippen LogP contribution in [0.25, 0.3) is 0 Å². The van der Waals surface area contributed by atoms with Crippen LogP contribution in [0.3, 0.4) is 0 Å². The van der Waals surface area contributed by atoms with Gasteiger partial charge in [0.05, 0.1) is 20.3 Å². The first-order valence-electron chi connectivity index (χ1n) is 9.71. The molecule has 6 heteroatoms. The number of likely N-dealkylation sites (N-methyl/N-ethyl adjacent to an activating group) is 1. The molecular weight excluding hydrogens is 354 g/mol. The number of nitrogens with zero attached hydrogens (tertiary/aromatic N) is 3. The van der Waals surface area contributed by atoms with Gasteiger partial charge in [0.25, 0.3) is 0 Å². The number of benzene rings is 1. The van der Waals surface area contributed by atoms with Gasteiger partial charge in [0.1, 0.15) is 0 Å². The van der Waals surface area contributed by atoms with Crippen molar-refractivity contribution in [2.45, 2.75) is 25.3 Å². The zero-order valence-corrected chi connectivity index (χ0v) is 16.9. The fraction of sp³-hybridized carbons (Fsp3) is 0.455. The Morgan fingerprint density at radius 2 is 2.00 bits per heavy atom. The molecule has 28 heavy (non-hydrogen) atoms. The molecule has 0 N–H and O–H groups in total. The van der Waals surface area contributed by atoms with E-state index in [0.29, 0.717) is 24.5 Å². The highest BCUT2D eigenvalue weighted by atomic mass is 16.5. The number of methoxy groups -OCH3 is 2. The monoisotopic (exact) mass is 383 g/mol. The minimum absolute atomic E-state index is 0.149. The van der Waals surface area contributed by atoms with Crippen LogP contribution in [0.5, 0.6) is 11.5 Å². The van der Waals surface area contributed by atoms with E-state index in [1.807, 2.05) is 29.3 Å². The summed E-state index contributed by atoms with van der Waals surface area (Å²) in [6.45, 7) is 2.32. The third-order valence-corrected chi connectivity index (χ3v) is 5.37. The molecule has 0 saturated carbocycles. The number of aryl methyl sites for hydroxylation is 1. The van der Waals surface area contributed by atoms with Crippen molar-refractivity contribution < 1.29 is 14.3 Å². The molecule has 150 valence electrons. The molecule has 1 fully saturated rings. The normalized spacial score (nSPS) is 17.4. The van der Waals surface area contributed by atoms with Crippen LogP contribution in [-0.2, 0) is 11.2 Å². The van der Waals surface area contributed by atoms with Crippen LogP contribution < -0.4 is 9.47 Å². The summed E-state index contributed by atoms with van der Waals surface area (Å²) in [4.78, 5) is 21.2. The molecule has 1 saturated heterocycles. The Hall–Kier alpha value is -2.60. The minimum Gasteiger partial charge on any atom is -0.493 e. The summed E-state index contributed by atoms with van der Waals surface area (Å²) in [5.41, 5.74) is 2.31. The molecule has 1 atom stereocenters. The average Bonchev–Trinajstić information content (AvgIpc) is 2.74. The van der Waals surface area contributed by atoms with Gasteiger partial charge in [-0.1, -0.05) is 12.1 Å². The van der Waals surface area contributed by atoms with Crippen LogP contribution in [0.1, 0.15) is 30.0 Å². The van der Waals surface area contributed by atoms with Crippen LogP contribution in [0.2, 0.25) is 0 Å². The second-order valence-electron chi connectivity index (χ2n) is 7.17. The number of hydrogen-bond donors (Lipinski definition) is 0. The van der Waals surface area contributed by atoms with Gasteiger partial charge < -0.3 is 14.4 Å². The summed E-state index contributed by atoms with van der Waals surface area (Å²) in [5, 5.41) is 0. The zero-order valence-electron chi connectivity index (χ0n) is 16.9. The van der Waals surface area contributed by atoms with Gasteiger partial charge in [-0.3, -0.25) is 14.7 Å². The highest BCUT2D eigenvalue weighted by Gasteiger charge is 2.28. The van der Waals surface area contributed by atoms with Gasteiger partial charge >= 0.3 is 0 Å². The van der Waals surface area contributed by atoms with Gasteiger partial charge in [-0.25, -0.2) is 0 Å². The van der Waals surface area contributed by atoms with E-state index in [1.165, 1.54) is 5.56 Å². The second-order valence-corrected chi connectivity index (χ2v) is 7.17. The summed E-state index contributed by atoms with van der Waals surface area (Å²) < 4.78 is 10.8. The number of ether oxygens (including phenoxy) is 2. The maximum atomic E-state index is 12.7. The van der Waals surface area contributed by atoms with E-state index in [-0.39, 0.29) is 11.9 Å². The summed E-state index contributed by atoms with van der Waals surface area (Å²) in [6.07, 6.45) is 5.93. The third-order valence-electron chi connectivity index (χ3n) is 5.37. The molecule has 3 rings (SSSR count). The van der Waals surface area contributed by atoms with E-state index in [1.54, 1.807) is 20.4 Å². The van der Waals surface area contributed by atoms with Crippen molar-refractivity contribution in [3.8, 4) is 11.5 Å². The van der Waals surface area contributed by atoms with E-state index in [2.05, 4.69) is 29.1 Å². The minimum atomic E-state index is 0.149. The van der Waals surface area contributed by atoms with Crippen molar-refractivity contribution in [3.63, 3.8) is 0 Å². The zero-order chi connectivity index (χ0) is 19.9. The SMILES string of the molecule is COc1ccc(C2CN(C(=O)CCCc3cccnc3)CCN2C)cc1OC. The molecular formula is C22H29N3O3. The maximum Gasteiger partial charge on any atom is 0.222 e. The van der Waals surface area contributed by atoms with Crippen LogP contribution in [0.4, 0.5) is 0 Å². The Balaban J connectivity index is 1.61. The molecule has 1 aromatic carbocycles. The summed E-state index contributed by atoms with van der Waals surface area (Å²) >= 11 is 0. The molecule has 0 aliphatic carbocycles. The number of carbonyl (C=O) groups is 1. The summed E-state index contributed by atoms with van der Waals surface area (Å²) in [6, 6.07) is 10.1. The van der Waals surface area contributed by atoms with Gasteiger partial charge in [0.2, 0.25) is 5.91 Å². The molecule has 2 heterocycles. The molecule has 0 radical (unpaired) electrons. The predicted molar refractivity (Wildman–Crippen MR) is 109 cm³/mol. The van der Waals surface area contributed by atoms with Gasteiger partial charge in [-0.15, -0.1) is 0 Å². The lowest BCUT2D eigenvalue weighted by Crippen LogP contribution is -2.49. The number of rotatable bonds is 7. The maximum absolute atomic E-state index is 12.7. The standard InChI is InChI=1S/C22H29N3O3/c1-24-12-13-25(22(26)8-4-6-17-7-5-11-23-15-17)16-19(24)18-9-10-20(27-2)21(14-18)28-3/h5,7,9-11,14-15,19H,4,6,8,12-13,16H2,1-3H3. The van der Waals surface area contributed by atoms with Crippen LogP contribution >= 0.6 is 0 Å². The van der Waals surface area contributed by atoms with Gasteiger partial charge in [0, 0.05) is 38.4 Å². The van der Waals surface area contributed by atoms with Gasteiger partial charge in [-0.05, 0) is 49.2 Å². The largest absolute Gasteiger partial charge is 0.493 e. The lowest BCUT2D eigenvalue weighted by Gasteiger charge is -2.40. The molecule has 1 aliphatic heterocycles. The van der Waals surface area contributed by atoms with Crippen molar-refractivity contribution in [1.29, 1.82) is 0 Å². The van der Waals surface area contributed by atoms with Crippen molar-refractivity contribution in [1.82, 2.24) is 14.8 Å². The number of amides is 1. The Labute approximate surface area is 167 Å². The number of hydrogen-bond acceptors (Lipinski definition) is 5. The van der Waals surface area contributed by atoms with Gasteiger partial charge in [0.15, 0.2) is 11.5 Å². The summed E-state index contributed by atoms with van der Waals surface area (Å²) in [5.74, 6) is 1.66. The smallest absolute Gasteiger partial charge is 0.222 e. The lowest BCUT2D eigenvalue weighted by atomic mass is 10.0. The number of piperazine rings is 1. The molecule has 1 aliphatic rings. The van der Waals surface area contributed by atoms with E-state index >= 15 is 0 Å².